The molecule has 3 aromatic rings. The molecule has 42 heavy (non-hydrogen) atoms. The molecule has 1 aliphatic heterocycles. The summed E-state index contributed by atoms with van der Waals surface area (Å²) in [7, 11) is 3.11. The van der Waals surface area contributed by atoms with Crippen molar-refractivity contribution in [3.63, 3.8) is 0 Å². The quantitative estimate of drug-likeness (QED) is 0.297. The molecule has 218 valence electrons. The number of hydrogen-bond donors (Lipinski definition) is 0. The van der Waals surface area contributed by atoms with Gasteiger partial charge < -0.3 is 18.9 Å². The maximum Gasteiger partial charge on any atom is 0.338 e. The number of methoxy groups -OCH3 is 2. The molecule has 0 saturated carbocycles. The Balaban J connectivity index is 1.52. The molecule has 0 bridgehead atoms. The number of carbonyl (C=O) groups is 1. The number of rotatable bonds is 9. The maximum atomic E-state index is 14.0. The number of benzene rings is 2. The molecule has 2 atom stereocenters. The summed E-state index contributed by atoms with van der Waals surface area (Å²) >= 11 is 4.97. The summed E-state index contributed by atoms with van der Waals surface area (Å²) in [5, 5.41) is 0. The fraction of sp³-hybridized carbons (Fsp3) is 0.281. The van der Waals surface area contributed by atoms with Crippen LogP contribution in [0.1, 0.15) is 37.4 Å². The Kier molecular flexibility index (Phi) is 9.13. The Bertz CT molecular complexity index is 1770. The molecular weight excluding hydrogens is 620 g/mol. The first-order chi connectivity index (χ1) is 20.3. The van der Waals surface area contributed by atoms with E-state index in [1.807, 2.05) is 48.6 Å². The van der Waals surface area contributed by atoms with Gasteiger partial charge in [-0.15, -0.1) is 0 Å². The second-order valence-corrected chi connectivity index (χ2v) is 11.7. The highest BCUT2D eigenvalue weighted by atomic mass is 79.9. The van der Waals surface area contributed by atoms with E-state index in [0.29, 0.717) is 50.7 Å². The summed E-state index contributed by atoms with van der Waals surface area (Å²) in [4.78, 5) is 32.4. The van der Waals surface area contributed by atoms with Crippen molar-refractivity contribution in [2.24, 2.45) is 10.9 Å². The van der Waals surface area contributed by atoms with E-state index in [2.05, 4.69) is 20.9 Å². The Morgan fingerprint density at radius 1 is 1.17 bits per heavy atom. The van der Waals surface area contributed by atoms with E-state index in [4.69, 9.17) is 18.9 Å². The van der Waals surface area contributed by atoms with E-state index in [1.165, 1.54) is 11.3 Å². The second kappa shape index (κ2) is 13.0. The van der Waals surface area contributed by atoms with Crippen molar-refractivity contribution in [3.8, 4) is 11.5 Å². The fourth-order valence-electron chi connectivity index (χ4n) is 4.99. The lowest BCUT2D eigenvalue weighted by Crippen LogP contribution is -2.40. The van der Waals surface area contributed by atoms with Crippen LogP contribution in [0, 0.1) is 5.92 Å². The zero-order chi connectivity index (χ0) is 29.8. The van der Waals surface area contributed by atoms with Gasteiger partial charge in [0.25, 0.3) is 5.56 Å². The van der Waals surface area contributed by atoms with Crippen LogP contribution in [0.15, 0.2) is 92.0 Å². The summed E-state index contributed by atoms with van der Waals surface area (Å²) < 4.78 is 25.5. The number of nitrogens with zero attached hydrogens (tertiary/aromatic N) is 2. The molecular formula is C32H31BrN2O6S. The lowest BCUT2D eigenvalue weighted by Gasteiger charge is -2.26. The third kappa shape index (κ3) is 6.00. The molecule has 2 aliphatic rings. The number of fused-ring (bicyclic) bond motifs is 1. The van der Waals surface area contributed by atoms with Gasteiger partial charge in [0.1, 0.15) is 29.9 Å². The van der Waals surface area contributed by atoms with Crippen molar-refractivity contribution in [2.75, 3.05) is 20.8 Å². The van der Waals surface area contributed by atoms with E-state index >= 15 is 0 Å². The summed E-state index contributed by atoms with van der Waals surface area (Å²) in [6.07, 6.45) is 6.55. The first-order valence-electron chi connectivity index (χ1n) is 13.5. The molecule has 1 aromatic heterocycles. The van der Waals surface area contributed by atoms with Gasteiger partial charge in [0.15, 0.2) is 4.80 Å². The highest BCUT2D eigenvalue weighted by Crippen LogP contribution is 2.37. The molecule has 0 saturated heterocycles. The monoisotopic (exact) mass is 650 g/mol. The molecule has 8 nitrogen and oxygen atoms in total. The Labute approximate surface area is 256 Å². The zero-order valence-electron chi connectivity index (χ0n) is 23.8. The first kappa shape index (κ1) is 29.6. The molecule has 0 amide bonds. The Morgan fingerprint density at radius 2 is 1.95 bits per heavy atom. The smallest absolute Gasteiger partial charge is 0.338 e. The van der Waals surface area contributed by atoms with E-state index < -0.39 is 12.0 Å². The number of halogens is 1. The van der Waals surface area contributed by atoms with Crippen LogP contribution in [0.5, 0.6) is 11.5 Å². The van der Waals surface area contributed by atoms with Crippen LogP contribution in [0.4, 0.5) is 0 Å². The molecule has 0 radical (unpaired) electrons. The third-order valence-electron chi connectivity index (χ3n) is 7.03. The normalized spacial score (nSPS) is 18.5. The van der Waals surface area contributed by atoms with Crippen LogP contribution in [0.2, 0.25) is 0 Å². The van der Waals surface area contributed by atoms with Crippen LogP contribution in [0.25, 0.3) is 6.08 Å². The van der Waals surface area contributed by atoms with Crippen molar-refractivity contribution >= 4 is 39.3 Å². The van der Waals surface area contributed by atoms with Gasteiger partial charge in [-0.2, -0.15) is 0 Å². The standard InChI is InChI=1S/C32H31BrN2O6S/c1-5-40-31(37)28-19(2)34-32-35(29(28)23-13-12-22(38-3)17-26(23)39-4)30(36)27(42-32)16-21-11-14-25(24(33)15-21)41-18-20-9-7-6-8-10-20/h6-14,16-17,21,29H,5,15,18H2,1-4H3/b27-16-/t21-,29-/m0/s1. The highest BCUT2D eigenvalue weighted by Gasteiger charge is 2.35. The van der Waals surface area contributed by atoms with Crippen molar-refractivity contribution in [3.05, 3.63) is 113 Å². The second-order valence-electron chi connectivity index (χ2n) is 9.70. The lowest BCUT2D eigenvalue weighted by atomic mass is 9.95. The van der Waals surface area contributed by atoms with Gasteiger partial charge in [0, 0.05) is 22.0 Å². The summed E-state index contributed by atoms with van der Waals surface area (Å²) in [5.74, 6) is 1.29. The molecule has 2 aromatic carbocycles. The van der Waals surface area contributed by atoms with Crippen molar-refractivity contribution in [2.45, 2.75) is 32.9 Å². The maximum absolute atomic E-state index is 14.0. The van der Waals surface area contributed by atoms with Crippen molar-refractivity contribution in [1.29, 1.82) is 0 Å². The van der Waals surface area contributed by atoms with Gasteiger partial charge in [-0.25, -0.2) is 9.79 Å². The molecule has 0 spiro atoms. The van der Waals surface area contributed by atoms with Gasteiger partial charge >= 0.3 is 5.97 Å². The largest absolute Gasteiger partial charge is 0.497 e. The SMILES string of the molecule is CCOC(=O)C1=C(C)N=c2s/c(=C\[C@H]3C=CC(OCc4ccccc4)=C(Br)C3)c(=O)n2[C@H]1c1ccc(OC)cc1OC. The van der Waals surface area contributed by atoms with E-state index in [0.717, 1.165) is 15.8 Å². The topological polar surface area (TPSA) is 88.4 Å². The Hall–Kier alpha value is -3.89. The molecule has 10 heteroatoms. The van der Waals surface area contributed by atoms with Crippen LogP contribution >= 0.6 is 27.3 Å². The van der Waals surface area contributed by atoms with Gasteiger partial charge in [-0.1, -0.05) is 69.8 Å². The third-order valence-corrected chi connectivity index (χ3v) is 8.75. The molecule has 0 N–H and O–H groups in total. The molecule has 5 rings (SSSR count). The van der Waals surface area contributed by atoms with Gasteiger partial charge in [0.2, 0.25) is 0 Å². The summed E-state index contributed by atoms with van der Waals surface area (Å²) in [6.45, 7) is 4.17. The van der Waals surface area contributed by atoms with E-state index in [9.17, 15) is 9.59 Å². The van der Waals surface area contributed by atoms with E-state index in [1.54, 1.807) is 50.8 Å². The predicted molar refractivity (Wildman–Crippen MR) is 165 cm³/mol. The van der Waals surface area contributed by atoms with Crippen molar-refractivity contribution in [1.82, 2.24) is 4.57 Å². The molecule has 0 fully saturated rings. The number of esters is 1. The minimum absolute atomic E-state index is 0.0376. The number of allylic oxidation sites excluding steroid dienone is 4. The number of hydrogen-bond acceptors (Lipinski definition) is 8. The number of aromatic nitrogens is 1. The minimum atomic E-state index is -0.783. The lowest BCUT2D eigenvalue weighted by molar-refractivity contribution is -0.139. The summed E-state index contributed by atoms with van der Waals surface area (Å²) in [6, 6.07) is 14.5. The van der Waals surface area contributed by atoms with Gasteiger partial charge in [0.05, 0.1) is 36.6 Å². The zero-order valence-corrected chi connectivity index (χ0v) is 26.2. The van der Waals surface area contributed by atoms with Crippen LogP contribution in [0.3, 0.4) is 0 Å². The fourth-order valence-corrected chi connectivity index (χ4v) is 6.71. The molecule has 1 aliphatic carbocycles. The number of thiazole rings is 1. The summed E-state index contributed by atoms with van der Waals surface area (Å²) in [5.41, 5.74) is 2.26. The van der Waals surface area contributed by atoms with Crippen LogP contribution < -0.4 is 24.4 Å². The highest BCUT2D eigenvalue weighted by molar-refractivity contribution is 9.11. The van der Waals surface area contributed by atoms with E-state index in [-0.39, 0.29) is 18.1 Å². The number of ether oxygens (including phenoxy) is 4. The van der Waals surface area contributed by atoms with Gasteiger partial charge in [-0.3, -0.25) is 9.36 Å². The predicted octanol–water partition coefficient (Wildman–Crippen LogP) is 5.17. The van der Waals surface area contributed by atoms with Gasteiger partial charge in [-0.05, 0) is 44.0 Å². The Morgan fingerprint density at radius 3 is 2.64 bits per heavy atom. The van der Waals surface area contributed by atoms with Crippen LogP contribution in [-0.4, -0.2) is 31.4 Å². The minimum Gasteiger partial charge on any atom is -0.497 e. The molecule has 2 heterocycles. The number of carbonyl (C=O) groups excluding carboxylic acids is 1. The molecule has 0 unspecified atom stereocenters. The van der Waals surface area contributed by atoms with Crippen LogP contribution in [-0.2, 0) is 20.9 Å². The average molecular weight is 652 g/mol. The average Bonchev–Trinajstić information content (AvgIpc) is 3.30. The first-order valence-corrected chi connectivity index (χ1v) is 15.1. The van der Waals surface area contributed by atoms with Crippen molar-refractivity contribution < 1.29 is 23.7 Å².